The third-order valence-corrected chi connectivity index (χ3v) is 6.14. The molecule has 0 radical (unpaired) electrons. The Morgan fingerprint density at radius 2 is 1.94 bits per heavy atom. The number of hydrogen-bond acceptors (Lipinski definition) is 4. The van der Waals surface area contributed by atoms with Gasteiger partial charge in [-0.3, -0.25) is 4.79 Å². The van der Waals surface area contributed by atoms with E-state index in [0.717, 1.165) is 10.0 Å². The van der Waals surface area contributed by atoms with Crippen LogP contribution in [0.2, 0.25) is 5.02 Å². The summed E-state index contributed by atoms with van der Waals surface area (Å²) in [5.74, 6) is 1.04. The smallest absolute Gasteiger partial charge is 0.282 e. The lowest BCUT2D eigenvalue weighted by Crippen LogP contribution is -2.20. The van der Waals surface area contributed by atoms with Crippen LogP contribution in [0, 0.1) is 13.8 Å². The van der Waals surface area contributed by atoms with E-state index in [4.69, 9.17) is 16.3 Å². The minimum Gasteiger partial charge on any atom is -0.486 e. The molecule has 0 aliphatic heterocycles. The highest BCUT2D eigenvalue weighted by molar-refractivity contribution is 9.10. The van der Waals surface area contributed by atoms with Gasteiger partial charge in [0.15, 0.2) is 5.75 Å². The van der Waals surface area contributed by atoms with Crippen molar-refractivity contribution in [2.24, 2.45) is 5.10 Å². The summed E-state index contributed by atoms with van der Waals surface area (Å²) in [7, 11) is 0. The van der Waals surface area contributed by atoms with E-state index >= 15 is 0 Å². The molecule has 1 aromatic heterocycles. The predicted octanol–water partition coefficient (Wildman–Crippen LogP) is 6.65. The van der Waals surface area contributed by atoms with Gasteiger partial charge in [0.1, 0.15) is 12.4 Å². The largest absolute Gasteiger partial charge is 0.486 e. The van der Waals surface area contributed by atoms with Gasteiger partial charge in [0.2, 0.25) is 0 Å². The third kappa shape index (κ3) is 4.95. The van der Waals surface area contributed by atoms with E-state index in [-0.39, 0.29) is 5.56 Å². The van der Waals surface area contributed by atoms with E-state index in [0.29, 0.717) is 44.1 Å². The minimum absolute atomic E-state index is 0.242. The first kappa shape index (κ1) is 22.7. The molecule has 0 aliphatic carbocycles. The molecule has 5 nitrogen and oxygen atoms in total. The van der Waals surface area contributed by atoms with Crippen LogP contribution in [0.3, 0.4) is 0 Å². The molecule has 0 saturated heterocycles. The zero-order valence-corrected chi connectivity index (χ0v) is 21.2. The molecule has 0 spiro atoms. The Morgan fingerprint density at radius 3 is 2.69 bits per heavy atom. The summed E-state index contributed by atoms with van der Waals surface area (Å²) < 4.78 is 8.71. The number of benzene rings is 3. The van der Waals surface area contributed by atoms with Gasteiger partial charge in [0, 0.05) is 4.47 Å². The van der Waals surface area contributed by atoms with Gasteiger partial charge in [-0.15, -0.1) is 0 Å². The fourth-order valence-corrected chi connectivity index (χ4v) is 4.62. The van der Waals surface area contributed by atoms with Crippen molar-refractivity contribution < 1.29 is 4.74 Å². The Hall–Kier alpha value is -2.48. The van der Waals surface area contributed by atoms with Crippen LogP contribution in [0.4, 0.5) is 0 Å². The molecule has 8 heteroatoms. The van der Waals surface area contributed by atoms with Gasteiger partial charge in [-0.2, -0.15) is 9.78 Å². The summed E-state index contributed by atoms with van der Waals surface area (Å²) in [6.07, 6.45) is 1.57. The highest BCUT2D eigenvalue weighted by Gasteiger charge is 2.11. The number of ether oxygens (including phenoxy) is 1. The second-order valence-electron chi connectivity index (χ2n) is 7.27. The van der Waals surface area contributed by atoms with Crippen molar-refractivity contribution in [3.05, 3.63) is 101 Å². The molecular formula is C24H18Br2ClN3O2. The highest BCUT2D eigenvalue weighted by atomic mass is 79.9. The van der Waals surface area contributed by atoms with Gasteiger partial charge in [0.25, 0.3) is 5.56 Å². The molecule has 0 aliphatic rings. The van der Waals surface area contributed by atoms with Gasteiger partial charge in [-0.1, -0.05) is 57.4 Å². The zero-order chi connectivity index (χ0) is 22.8. The average molecular weight is 576 g/mol. The van der Waals surface area contributed by atoms with Crippen molar-refractivity contribution in [2.45, 2.75) is 20.5 Å². The van der Waals surface area contributed by atoms with E-state index in [1.807, 2.05) is 37.3 Å². The molecule has 0 atom stereocenters. The maximum Gasteiger partial charge on any atom is 0.282 e. The van der Waals surface area contributed by atoms with Crippen molar-refractivity contribution in [1.29, 1.82) is 0 Å². The van der Waals surface area contributed by atoms with E-state index < -0.39 is 0 Å². The maximum atomic E-state index is 12.9. The molecule has 4 aromatic rings. The van der Waals surface area contributed by atoms with Crippen molar-refractivity contribution in [1.82, 2.24) is 9.66 Å². The molecule has 32 heavy (non-hydrogen) atoms. The van der Waals surface area contributed by atoms with E-state index in [9.17, 15) is 4.79 Å². The van der Waals surface area contributed by atoms with Gasteiger partial charge >= 0.3 is 0 Å². The number of nitrogens with zero attached hydrogens (tertiary/aromatic N) is 3. The second kappa shape index (κ2) is 9.57. The molecule has 0 amide bonds. The van der Waals surface area contributed by atoms with Crippen LogP contribution < -0.4 is 10.3 Å². The summed E-state index contributed by atoms with van der Waals surface area (Å²) in [6.45, 7) is 4.18. The monoisotopic (exact) mass is 573 g/mol. The normalized spacial score (nSPS) is 11.4. The van der Waals surface area contributed by atoms with Crippen molar-refractivity contribution in [3.8, 4) is 5.75 Å². The molecule has 0 fully saturated rings. The fourth-order valence-electron chi connectivity index (χ4n) is 3.27. The molecule has 3 aromatic carbocycles. The van der Waals surface area contributed by atoms with E-state index in [1.165, 1.54) is 10.2 Å². The summed E-state index contributed by atoms with van der Waals surface area (Å²) in [5.41, 5.74) is 3.33. The standard InChI is InChI=1S/C24H18Br2ClN3O2/c1-14-4-3-5-16(8-14)13-32-23-20(26)9-17(10-21(23)27)12-28-30-15(2)29-22-7-6-18(25)11-19(22)24(30)31/h3-12H,13H2,1-2H3. The molecule has 1 heterocycles. The third-order valence-electron chi connectivity index (χ3n) is 4.78. The lowest BCUT2D eigenvalue weighted by atomic mass is 10.1. The van der Waals surface area contributed by atoms with Crippen molar-refractivity contribution in [3.63, 3.8) is 0 Å². The molecule has 0 unspecified atom stereocenters. The first-order chi connectivity index (χ1) is 15.3. The summed E-state index contributed by atoms with van der Waals surface area (Å²) in [5, 5.41) is 5.28. The quantitative estimate of drug-likeness (QED) is 0.250. The Balaban J connectivity index is 1.61. The van der Waals surface area contributed by atoms with Crippen LogP contribution in [-0.2, 0) is 6.61 Å². The number of rotatable bonds is 5. The molecule has 162 valence electrons. The summed E-state index contributed by atoms with van der Waals surface area (Å²) >= 11 is 13.4. The fraction of sp³-hybridized carbons (Fsp3) is 0.125. The first-order valence-corrected chi connectivity index (χ1v) is 11.7. The first-order valence-electron chi connectivity index (χ1n) is 9.72. The van der Waals surface area contributed by atoms with Gasteiger partial charge < -0.3 is 4.74 Å². The lowest BCUT2D eigenvalue weighted by Gasteiger charge is -2.11. The maximum absolute atomic E-state index is 12.9. The van der Waals surface area contributed by atoms with Crippen molar-refractivity contribution >= 4 is 60.6 Å². The SMILES string of the molecule is Cc1cccc(COc2c(Cl)cc(C=Nn3c(C)nc4ccc(Br)cc4c3=O)cc2Br)c1. The number of aryl methyl sites for hydroxylation is 2. The zero-order valence-electron chi connectivity index (χ0n) is 17.3. The van der Waals surface area contributed by atoms with Gasteiger partial charge in [-0.25, -0.2) is 4.98 Å². The van der Waals surface area contributed by atoms with Crippen LogP contribution in [0.15, 0.2) is 73.4 Å². The number of hydrogen-bond donors (Lipinski definition) is 0. The molecule has 0 N–H and O–H groups in total. The minimum atomic E-state index is -0.242. The highest BCUT2D eigenvalue weighted by Crippen LogP contribution is 2.34. The van der Waals surface area contributed by atoms with Gasteiger partial charge in [0.05, 0.1) is 26.6 Å². The van der Waals surface area contributed by atoms with E-state index in [2.05, 4.69) is 48.0 Å². The Kier molecular flexibility index (Phi) is 6.79. The Bertz CT molecular complexity index is 1390. The van der Waals surface area contributed by atoms with Crippen LogP contribution in [0.25, 0.3) is 10.9 Å². The Morgan fingerprint density at radius 1 is 1.12 bits per heavy atom. The average Bonchev–Trinajstić information content (AvgIpc) is 2.74. The number of fused-ring (bicyclic) bond motifs is 1. The summed E-state index contributed by atoms with van der Waals surface area (Å²) in [6, 6.07) is 17.1. The molecule has 4 rings (SSSR count). The molecule has 0 saturated carbocycles. The van der Waals surface area contributed by atoms with Crippen LogP contribution >= 0.6 is 43.5 Å². The second-order valence-corrected chi connectivity index (χ2v) is 9.45. The van der Waals surface area contributed by atoms with Crippen LogP contribution in [-0.4, -0.2) is 15.9 Å². The van der Waals surface area contributed by atoms with Crippen LogP contribution in [0.1, 0.15) is 22.5 Å². The van der Waals surface area contributed by atoms with Crippen molar-refractivity contribution in [2.75, 3.05) is 0 Å². The predicted molar refractivity (Wildman–Crippen MR) is 136 cm³/mol. The summed E-state index contributed by atoms with van der Waals surface area (Å²) in [4.78, 5) is 17.4. The molecule has 0 bridgehead atoms. The Labute approximate surface area is 207 Å². The lowest BCUT2D eigenvalue weighted by molar-refractivity contribution is 0.304. The molecular weight excluding hydrogens is 558 g/mol. The number of halogens is 3. The van der Waals surface area contributed by atoms with Gasteiger partial charge in [-0.05, 0) is 71.2 Å². The van der Waals surface area contributed by atoms with Crippen LogP contribution in [0.5, 0.6) is 5.75 Å². The van der Waals surface area contributed by atoms with E-state index in [1.54, 1.807) is 31.3 Å². The topological polar surface area (TPSA) is 56.5 Å². The number of aromatic nitrogens is 2.